The molecular weight excluding hydrogens is 537 g/mol. The summed E-state index contributed by atoms with van der Waals surface area (Å²) in [5.41, 5.74) is 0.717. The van der Waals surface area contributed by atoms with Crippen LogP contribution in [0, 0.1) is 11.8 Å². The molecule has 0 aliphatic heterocycles. The molecule has 0 aromatic carbocycles. The van der Waals surface area contributed by atoms with Crippen molar-refractivity contribution in [1.82, 2.24) is 0 Å². The highest BCUT2D eigenvalue weighted by Gasteiger charge is 2.42. The van der Waals surface area contributed by atoms with Crippen molar-refractivity contribution in [3.63, 3.8) is 0 Å². The van der Waals surface area contributed by atoms with Gasteiger partial charge in [-0.3, -0.25) is 0 Å². The largest absolute Gasteiger partial charge is 0.496 e. The molecule has 0 bridgehead atoms. The fourth-order valence-electron chi connectivity index (χ4n) is 3.83. The molecule has 6 nitrogen and oxygen atoms in total. The van der Waals surface area contributed by atoms with Crippen LogP contribution in [0.5, 0.6) is 5.75 Å². The quantitative estimate of drug-likeness (QED) is 0.183. The van der Waals surface area contributed by atoms with E-state index in [0.717, 1.165) is 0 Å². The van der Waals surface area contributed by atoms with Crippen LogP contribution in [-0.4, -0.2) is 47.2 Å². The first-order valence-electron chi connectivity index (χ1n) is 14.6. The zero-order valence-corrected chi connectivity index (χ0v) is 30.0. The molecule has 1 aromatic heterocycles. The molecule has 40 heavy (non-hydrogen) atoms. The van der Waals surface area contributed by atoms with Gasteiger partial charge in [0.1, 0.15) is 11.5 Å². The zero-order valence-electron chi connectivity index (χ0n) is 28.0. The molecule has 0 amide bonds. The Hall–Kier alpha value is -1.46. The van der Waals surface area contributed by atoms with Gasteiger partial charge in [0.05, 0.1) is 31.5 Å². The van der Waals surface area contributed by atoms with Gasteiger partial charge in [-0.05, 0) is 55.7 Å². The van der Waals surface area contributed by atoms with Crippen molar-refractivity contribution in [3.05, 3.63) is 52.1 Å². The summed E-state index contributed by atoms with van der Waals surface area (Å²) in [4.78, 5) is 12.0. The summed E-state index contributed by atoms with van der Waals surface area (Å²) in [5, 5.41) is 11.4. The highest BCUT2D eigenvalue weighted by atomic mass is 28.4. The van der Waals surface area contributed by atoms with Crippen molar-refractivity contribution in [1.29, 1.82) is 0 Å². The Labute approximate surface area is 246 Å². The van der Waals surface area contributed by atoms with E-state index in [2.05, 4.69) is 107 Å². The average Bonchev–Trinajstić information content (AvgIpc) is 2.81. The van der Waals surface area contributed by atoms with Gasteiger partial charge in [0, 0.05) is 24.3 Å². The number of methoxy groups -OCH3 is 1. The number of aliphatic hydroxyl groups is 1. The monoisotopic (exact) mass is 594 g/mol. The molecule has 1 N–H and O–H groups in total. The number of rotatable bonds is 13. The Morgan fingerprint density at radius 1 is 0.975 bits per heavy atom. The van der Waals surface area contributed by atoms with Gasteiger partial charge in [-0.25, -0.2) is 4.79 Å². The van der Waals surface area contributed by atoms with Crippen LogP contribution in [0.15, 0.2) is 45.1 Å². The third-order valence-electron chi connectivity index (χ3n) is 9.02. The summed E-state index contributed by atoms with van der Waals surface area (Å²) in [6, 6.07) is 2.95. The summed E-state index contributed by atoms with van der Waals surface area (Å²) < 4.78 is 24.4. The van der Waals surface area contributed by atoms with Gasteiger partial charge in [0.2, 0.25) is 0 Å². The molecule has 0 spiro atoms. The molecule has 0 saturated heterocycles. The molecule has 0 fully saturated rings. The minimum absolute atomic E-state index is 0.00445. The molecule has 0 aliphatic rings. The first kappa shape index (κ1) is 36.6. The van der Waals surface area contributed by atoms with Crippen molar-refractivity contribution >= 4 is 16.6 Å². The minimum Gasteiger partial charge on any atom is -0.496 e. The number of aliphatic hydroxyl groups excluding tert-OH is 1. The van der Waals surface area contributed by atoms with Gasteiger partial charge in [-0.15, -0.1) is 0 Å². The first-order chi connectivity index (χ1) is 18.1. The topological polar surface area (TPSA) is 78.1 Å². The first-order valence-corrected chi connectivity index (χ1v) is 20.4. The van der Waals surface area contributed by atoms with Crippen LogP contribution < -0.4 is 10.4 Å². The van der Waals surface area contributed by atoms with Crippen LogP contribution in [-0.2, 0) is 15.3 Å². The zero-order chi connectivity index (χ0) is 31.3. The molecule has 230 valence electrons. The molecule has 1 heterocycles. The second kappa shape index (κ2) is 14.1. The molecule has 0 unspecified atom stereocenters. The Balaban J connectivity index is 3.38. The standard InChI is InChI=1S/C32H58O6Si2/c1-16-22(2)30(38-40(14,15)32(8,9)10)23(3)17-18-28(37-39(12,13)31(5,6)7)24(4)27(33)20-26-19-25(35-11)21-29(34)36-26/h16-19,21,23-24,27-28,30,33H,20H2,1-15H3/b18-17+,22-16+/t23-,24-,27-,28+,30+/m0/s1. The lowest BCUT2D eigenvalue weighted by atomic mass is 9.92. The minimum atomic E-state index is -2.17. The number of ether oxygens (including phenoxy) is 1. The van der Waals surface area contributed by atoms with E-state index >= 15 is 0 Å². The van der Waals surface area contributed by atoms with Crippen molar-refractivity contribution in [3.8, 4) is 5.75 Å². The van der Waals surface area contributed by atoms with Gasteiger partial charge in [0.15, 0.2) is 16.6 Å². The third kappa shape index (κ3) is 10.1. The van der Waals surface area contributed by atoms with Crippen LogP contribution >= 0.6 is 0 Å². The lowest BCUT2D eigenvalue weighted by Gasteiger charge is -2.42. The predicted molar refractivity (Wildman–Crippen MR) is 172 cm³/mol. The van der Waals surface area contributed by atoms with E-state index in [-0.39, 0.29) is 40.5 Å². The Kier molecular flexibility index (Phi) is 12.9. The summed E-state index contributed by atoms with van der Waals surface area (Å²) in [6.07, 6.45) is 5.48. The molecule has 0 aliphatic carbocycles. The SMILES string of the molecule is C/C=C(\C)[C@@H](O[Si](C)(C)C(C)(C)C)[C@@H](C)/C=C/[C@@H](O[Si](C)(C)C(C)(C)C)[C@@H](C)[C@@H](O)Cc1cc(OC)cc(=O)o1. The maximum atomic E-state index is 12.0. The third-order valence-corrected chi connectivity index (χ3v) is 17.9. The maximum absolute atomic E-state index is 12.0. The highest BCUT2D eigenvalue weighted by Crippen LogP contribution is 2.40. The van der Waals surface area contributed by atoms with Gasteiger partial charge in [-0.1, -0.05) is 73.6 Å². The average molecular weight is 595 g/mol. The molecule has 0 radical (unpaired) electrons. The normalized spacial score (nSPS) is 17.9. The van der Waals surface area contributed by atoms with Crippen LogP contribution in [0.2, 0.25) is 36.3 Å². The van der Waals surface area contributed by atoms with E-state index in [0.29, 0.717) is 11.5 Å². The van der Waals surface area contributed by atoms with E-state index in [4.69, 9.17) is 18.0 Å². The summed E-state index contributed by atoms with van der Waals surface area (Å²) in [5.74, 6) is 0.660. The molecule has 1 aromatic rings. The van der Waals surface area contributed by atoms with Crippen molar-refractivity contribution in [2.24, 2.45) is 11.8 Å². The number of hydrogen-bond acceptors (Lipinski definition) is 6. The van der Waals surface area contributed by atoms with Gasteiger partial charge in [-0.2, -0.15) is 0 Å². The van der Waals surface area contributed by atoms with Crippen molar-refractivity contribution in [2.45, 2.75) is 130 Å². The molecular formula is C32H58O6Si2. The number of hydrogen-bond donors (Lipinski definition) is 1. The van der Waals surface area contributed by atoms with E-state index in [9.17, 15) is 9.90 Å². The molecule has 0 saturated carbocycles. The van der Waals surface area contributed by atoms with Crippen molar-refractivity contribution < 1.29 is 23.1 Å². The highest BCUT2D eigenvalue weighted by molar-refractivity contribution is 6.74. The van der Waals surface area contributed by atoms with Crippen LogP contribution in [0.4, 0.5) is 0 Å². The van der Waals surface area contributed by atoms with E-state index < -0.39 is 28.4 Å². The molecule has 8 heteroatoms. The maximum Gasteiger partial charge on any atom is 0.339 e. The molecule has 5 atom stereocenters. The van der Waals surface area contributed by atoms with Crippen molar-refractivity contribution in [2.75, 3.05) is 7.11 Å². The van der Waals surface area contributed by atoms with Crippen LogP contribution in [0.3, 0.4) is 0 Å². The lowest BCUT2D eigenvalue weighted by molar-refractivity contribution is 0.0464. The smallest absolute Gasteiger partial charge is 0.339 e. The van der Waals surface area contributed by atoms with Crippen LogP contribution in [0.1, 0.15) is 75.0 Å². The van der Waals surface area contributed by atoms with Gasteiger partial charge < -0.3 is 23.1 Å². The Bertz CT molecular complexity index is 1060. The van der Waals surface area contributed by atoms with Gasteiger partial charge >= 0.3 is 5.63 Å². The fourth-order valence-corrected chi connectivity index (χ4v) is 6.55. The lowest BCUT2D eigenvalue weighted by Crippen LogP contribution is -2.47. The molecule has 1 rings (SSSR count). The van der Waals surface area contributed by atoms with E-state index in [1.165, 1.54) is 18.7 Å². The second-order valence-electron chi connectivity index (χ2n) is 14.3. The Morgan fingerprint density at radius 2 is 1.50 bits per heavy atom. The fraction of sp³-hybridized carbons (Fsp3) is 0.719. The second-order valence-corrected chi connectivity index (χ2v) is 23.8. The summed E-state index contributed by atoms with van der Waals surface area (Å²) in [6.45, 7) is 30.9. The predicted octanol–water partition coefficient (Wildman–Crippen LogP) is 8.13. The van der Waals surface area contributed by atoms with E-state index in [1.807, 2.05) is 6.92 Å². The Morgan fingerprint density at radius 3 is 1.98 bits per heavy atom. The van der Waals surface area contributed by atoms with E-state index in [1.54, 1.807) is 6.07 Å². The summed E-state index contributed by atoms with van der Waals surface area (Å²) in [7, 11) is -2.68. The number of allylic oxidation sites excluding steroid dienone is 1. The van der Waals surface area contributed by atoms with Crippen LogP contribution in [0.25, 0.3) is 0 Å². The van der Waals surface area contributed by atoms with Gasteiger partial charge in [0.25, 0.3) is 0 Å². The summed E-state index contributed by atoms with van der Waals surface area (Å²) >= 11 is 0.